The molecule has 0 fully saturated rings. The van der Waals surface area contributed by atoms with Gasteiger partial charge in [0.15, 0.2) is 0 Å². The first-order valence-corrected chi connectivity index (χ1v) is 8.04. The van der Waals surface area contributed by atoms with E-state index in [1.54, 1.807) is 31.2 Å². The van der Waals surface area contributed by atoms with Gasteiger partial charge >= 0.3 is 5.97 Å². The van der Waals surface area contributed by atoms with E-state index in [9.17, 15) is 14.0 Å². The first kappa shape index (κ1) is 18.6. The highest BCUT2D eigenvalue weighted by atomic mass is 19.1. The lowest BCUT2D eigenvalue weighted by Crippen LogP contribution is -2.30. The molecule has 1 unspecified atom stereocenters. The van der Waals surface area contributed by atoms with Crippen molar-refractivity contribution in [3.8, 4) is 0 Å². The van der Waals surface area contributed by atoms with Crippen molar-refractivity contribution in [1.29, 1.82) is 0 Å². The summed E-state index contributed by atoms with van der Waals surface area (Å²) in [4.78, 5) is 24.3. The second-order valence-corrected chi connectivity index (χ2v) is 5.49. The number of hydrogen-bond donors (Lipinski definition) is 2. The largest absolute Gasteiger partial charge is 0.466 e. The highest BCUT2D eigenvalue weighted by Crippen LogP contribution is 2.19. The van der Waals surface area contributed by atoms with Gasteiger partial charge in [-0.15, -0.1) is 0 Å². The van der Waals surface area contributed by atoms with Gasteiger partial charge in [0, 0.05) is 12.1 Å². The van der Waals surface area contributed by atoms with E-state index in [1.165, 1.54) is 24.3 Å². The first-order chi connectivity index (χ1) is 12.0. The number of benzene rings is 2. The van der Waals surface area contributed by atoms with Crippen LogP contribution in [0.15, 0.2) is 48.5 Å². The Bertz CT molecular complexity index is 714. The minimum Gasteiger partial charge on any atom is -0.466 e. The van der Waals surface area contributed by atoms with Crippen LogP contribution in [-0.4, -0.2) is 18.5 Å². The van der Waals surface area contributed by atoms with Crippen molar-refractivity contribution < 1.29 is 18.7 Å². The van der Waals surface area contributed by atoms with E-state index >= 15 is 0 Å². The zero-order chi connectivity index (χ0) is 18.2. The maximum Gasteiger partial charge on any atom is 0.308 e. The second kappa shape index (κ2) is 8.94. The second-order valence-electron chi connectivity index (χ2n) is 5.49. The van der Waals surface area contributed by atoms with Crippen LogP contribution in [0.1, 0.15) is 40.9 Å². The number of carbonyl (C=O) groups excluding carboxylic acids is 2. The number of amides is 1. The van der Waals surface area contributed by atoms with Crippen LogP contribution in [0.25, 0.3) is 0 Å². The molecule has 132 valence electrons. The molecule has 0 aromatic heterocycles. The fourth-order valence-corrected chi connectivity index (χ4v) is 2.37. The predicted molar refractivity (Wildman–Crippen MR) is 92.2 cm³/mol. The van der Waals surface area contributed by atoms with Gasteiger partial charge in [0.25, 0.3) is 5.91 Å². The van der Waals surface area contributed by atoms with Crippen LogP contribution in [0.4, 0.5) is 4.39 Å². The van der Waals surface area contributed by atoms with Crippen molar-refractivity contribution >= 4 is 11.9 Å². The fourth-order valence-electron chi connectivity index (χ4n) is 2.37. The van der Waals surface area contributed by atoms with Gasteiger partial charge in [0.2, 0.25) is 0 Å². The van der Waals surface area contributed by atoms with Crippen LogP contribution in [0.5, 0.6) is 0 Å². The van der Waals surface area contributed by atoms with Gasteiger partial charge in [-0.05, 0) is 42.3 Å². The SMILES string of the molecule is CCOC(=O)CC(NC(=O)c1ccc(CN)cc1)c1ccc(F)cc1. The Kier molecular flexibility index (Phi) is 6.65. The van der Waals surface area contributed by atoms with Crippen molar-refractivity contribution in [2.24, 2.45) is 5.73 Å². The maximum absolute atomic E-state index is 13.1. The topological polar surface area (TPSA) is 81.4 Å². The standard InChI is InChI=1S/C19H21FN2O3/c1-2-25-18(23)11-17(14-7-9-16(20)10-8-14)22-19(24)15-5-3-13(12-21)4-6-15/h3-10,17H,2,11-12,21H2,1H3,(H,22,24). The molecule has 0 aliphatic carbocycles. The highest BCUT2D eigenvalue weighted by molar-refractivity contribution is 5.94. The molecule has 1 atom stereocenters. The van der Waals surface area contributed by atoms with Crippen molar-refractivity contribution in [2.75, 3.05) is 6.61 Å². The number of carbonyl (C=O) groups is 2. The molecule has 3 N–H and O–H groups in total. The molecule has 5 nitrogen and oxygen atoms in total. The molecule has 0 heterocycles. The summed E-state index contributed by atoms with van der Waals surface area (Å²) in [5, 5.41) is 2.80. The van der Waals surface area contributed by atoms with Gasteiger partial charge in [-0.1, -0.05) is 24.3 Å². The molecule has 0 aliphatic heterocycles. The monoisotopic (exact) mass is 344 g/mol. The summed E-state index contributed by atoms with van der Waals surface area (Å²) in [7, 11) is 0. The number of nitrogens with two attached hydrogens (primary N) is 1. The van der Waals surface area contributed by atoms with E-state index in [1.807, 2.05) is 0 Å². The number of esters is 1. The van der Waals surface area contributed by atoms with Crippen LogP contribution in [-0.2, 0) is 16.1 Å². The molecule has 0 saturated carbocycles. The number of rotatable bonds is 7. The van der Waals surface area contributed by atoms with Crippen molar-refractivity contribution in [3.05, 3.63) is 71.0 Å². The molecular formula is C19H21FN2O3. The van der Waals surface area contributed by atoms with E-state index in [-0.39, 0.29) is 24.8 Å². The summed E-state index contributed by atoms with van der Waals surface area (Å²) in [6.45, 7) is 2.36. The van der Waals surface area contributed by atoms with Crippen LogP contribution in [0.3, 0.4) is 0 Å². The number of nitrogens with one attached hydrogen (secondary N) is 1. The van der Waals surface area contributed by atoms with Crippen molar-refractivity contribution in [3.63, 3.8) is 0 Å². The molecule has 0 spiro atoms. The molecule has 2 rings (SSSR count). The van der Waals surface area contributed by atoms with E-state index in [0.29, 0.717) is 17.7 Å². The third-order valence-corrected chi connectivity index (χ3v) is 3.71. The van der Waals surface area contributed by atoms with Gasteiger partial charge in [-0.2, -0.15) is 0 Å². The predicted octanol–water partition coefficient (Wildman–Crippen LogP) is 2.71. The number of hydrogen-bond acceptors (Lipinski definition) is 4. The Balaban J connectivity index is 2.17. The Morgan fingerprint density at radius 2 is 1.76 bits per heavy atom. The zero-order valence-corrected chi connectivity index (χ0v) is 14.0. The van der Waals surface area contributed by atoms with Crippen LogP contribution in [0.2, 0.25) is 0 Å². The Hall–Kier alpha value is -2.73. The zero-order valence-electron chi connectivity index (χ0n) is 14.0. The van der Waals surface area contributed by atoms with Crippen LogP contribution >= 0.6 is 0 Å². The van der Waals surface area contributed by atoms with E-state index in [0.717, 1.165) is 5.56 Å². The summed E-state index contributed by atoms with van der Waals surface area (Å²) >= 11 is 0. The average molecular weight is 344 g/mol. The molecule has 0 saturated heterocycles. The summed E-state index contributed by atoms with van der Waals surface area (Å²) in [6.07, 6.45) is -0.0356. The van der Waals surface area contributed by atoms with Crippen LogP contribution in [0, 0.1) is 5.82 Å². The Morgan fingerprint density at radius 3 is 2.32 bits per heavy atom. The molecule has 2 aromatic carbocycles. The van der Waals surface area contributed by atoms with Gasteiger partial charge in [-0.3, -0.25) is 9.59 Å². The molecule has 25 heavy (non-hydrogen) atoms. The van der Waals surface area contributed by atoms with Crippen molar-refractivity contribution in [1.82, 2.24) is 5.32 Å². The third kappa shape index (κ3) is 5.39. The summed E-state index contributed by atoms with van der Waals surface area (Å²) in [5.41, 5.74) is 7.54. The average Bonchev–Trinajstić information content (AvgIpc) is 2.62. The summed E-state index contributed by atoms with van der Waals surface area (Å²) in [5.74, 6) is -1.15. The summed E-state index contributed by atoms with van der Waals surface area (Å²) in [6, 6.07) is 11.9. The molecule has 1 amide bonds. The molecule has 2 aromatic rings. The first-order valence-electron chi connectivity index (χ1n) is 8.04. The molecule has 0 radical (unpaired) electrons. The van der Waals surface area contributed by atoms with Crippen LogP contribution < -0.4 is 11.1 Å². The quantitative estimate of drug-likeness (QED) is 0.757. The smallest absolute Gasteiger partial charge is 0.308 e. The van der Waals surface area contributed by atoms with Gasteiger partial charge in [0.1, 0.15) is 5.82 Å². The number of halogens is 1. The Morgan fingerprint density at radius 1 is 1.12 bits per heavy atom. The minimum atomic E-state index is -0.610. The lowest BCUT2D eigenvalue weighted by Gasteiger charge is -2.19. The third-order valence-electron chi connectivity index (χ3n) is 3.71. The van der Waals surface area contributed by atoms with Gasteiger partial charge in [0.05, 0.1) is 19.1 Å². The maximum atomic E-state index is 13.1. The molecular weight excluding hydrogens is 323 g/mol. The number of ether oxygens (including phenoxy) is 1. The van der Waals surface area contributed by atoms with Gasteiger partial charge in [-0.25, -0.2) is 4.39 Å². The van der Waals surface area contributed by atoms with E-state index in [2.05, 4.69) is 5.32 Å². The highest BCUT2D eigenvalue weighted by Gasteiger charge is 2.20. The van der Waals surface area contributed by atoms with E-state index in [4.69, 9.17) is 10.5 Å². The molecule has 6 heteroatoms. The fraction of sp³-hybridized carbons (Fsp3) is 0.263. The van der Waals surface area contributed by atoms with Gasteiger partial charge < -0.3 is 15.8 Å². The lowest BCUT2D eigenvalue weighted by molar-refractivity contribution is -0.143. The lowest BCUT2D eigenvalue weighted by atomic mass is 10.0. The molecule has 0 bridgehead atoms. The van der Waals surface area contributed by atoms with Crippen molar-refractivity contribution in [2.45, 2.75) is 25.9 Å². The normalized spacial score (nSPS) is 11.6. The summed E-state index contributed by atoms with van der Waals surface area (Å²) < 4.78 is 18.1. The van der Waals surface area contributed by atoms with E-state index < -0.39 is 12.0 Å². The Labute approximate surface area is 146 Å². The molecule has 0 aliphatic rings. The minimum absolute atomic E-state index is 0.0356.